The quantitative estimate of drug-likeness (QED) is 0.906. The molecule has 0 atom stereocenters. The molecule has 4 nitrogen and oxygen atoms in total. The highest BCUT2D eigenvalue weighted by molar-refractivity contribution is 7.89. The van der Waals surface area contributed by atoms with Crippen LogP contribution in [0, 0.1) is 5.82 Å². The zero-order valence-corrected chi connectivity index (χ0v) is 13.6. The van der Waals surface area contributed by atoms with Crippen LogP contribution in [0.15, 0.2) is 17.0 Å². The molecule has 0 aromatic heterocycles. The Balaban J connectivity index is 3.40. The minimum absolute atomic E-state index is 0.0278. The first-order valence-corrected chi connectivity index (χ1v) is 8.06. The Morgan fingerprint density at radius 3 is 2.40 bits per heavy atom. The Kier molecular flexibility index (Phi) is 5.18. The Morgan fingerprint density at radius 2 is 1.95 bits per heavy atom. The maximum Gasteiger partial charge on any atom is 0.243 e. The summed E-state index contributed by atoms with van der Waals surface area (Å²) in [5.74, 6) is -0.782. The zero-order chi connectivity index (χ0) is 15.7. The summed E-state index contributed by atoms with van der Waals surface area (Å²) in [6.07, 6.45) is 0.628. The van der Waals surface area contributed by atoms with Crippen molar-refractivity contribution in [1.82, 2.24) is 4.31 Å². The summed E-state index contributed by atoms with van der Waals surface area (Å²) in [4.78, 5) is -0.135. The third-order valence-corrected chi connectivity index (χ3v) is 6.14. The summed E-state index contributed by atoms with van der Waals surface area (Å²) in [6, 6.07) is 2.25. The van der Waals surface area contributed by atoms with Crippen LogP contribution in [0.2, 0.25) is 5.02 Å². The number of hydrogen-bond donors (Lipinski definition) is 1. The summed E-state index contributed by atoms with van der Waals surface area (Å²) >= 11 is 5.75. The zero-order valence-electron chi connectivity index (χ0n) is 12.1. The molecular formula is C13H20ClFN2O2S. The van der Waals surface area contributed by atoms with E-state index in [1.807, 2.05) is 6.92 Å². The first-order chi connectivity index (χ1) is 9.07. The smallest absolute Gasteiger partial charge is 0.243 e. The fourth-order valence-electron chi connectivity index (χ4n) is 1.62. The lowest BCUT2D eigenvalue weighted by atomic mass is 10.0. The molecule has 20 heavy (non-hydrogen) atoms. The predicted octanol–water partition coefficient (Wildman–Crippen LogP) is 2.75. The first kappa shape index (κ1) is 17.4. The summed E-state index contributed by atoms with van der Waals surface area (Å²) in [5.41, 5.74) is 5.16. The topological polar surface area (TPSA) is 63.4 Å². The SMILES string of the molecule is CCC(C)(C)N(C)S(=O)(=O)c1cc(F)c(Cl)c(CN)c1. The van der Waals surface area contributed by atoms with E-state index in [9.17, 15) is 12.8 Å². The van der Waals surface area contributed by atoms with Crippen molar-refractivity contribution in [2.75, 3.05) is 7.05 Å². The van der Waals surface area contributed by atoms with Crippen LogP contribution in [0.3, 0.4) is 0 Å². The monoisotopic (exact) mass is 322 g/mol. The molecule has 0 heterocycles. The summed E-state index contributed by atoms with van der Waals surface area (Å²) in [7, 11) is -2.32. The van der Waals surface area contributed by atoms with Gasteiger partial charge in [-0.3, -0.25) is 0 Å². The van der Waals surface area contributed by atoms with Crippen molar-refractivity contribution in [2.24, 2.45) is 5.73 Å². The Bertz CT molecular complexity index is 603. The van der Waals surface area contributed by atoms with Crippen LogP contribution >= 0.6 is 11.6 Å². The van der Waals surface area contributed by atoms with E-state index in [-0.39, 0.29) is 22.0 Å². The fourth-order valence-corrected chi connectivity index (χ4v) is 3.45. The molecule has 0 radical (unpaired) electrons. The average Bonchev–Trinajstić information content (AvgIpc) is 2.40. The summed E-state index contributed by atoms with van der Waals surface area (Å²) < 4.78 is 40.1. The highest BCUT2D eigenvalue weighted by atomic mass is 35.5. The van der Waals surface area contributed by atoms with E-state index in [1.54, 1.807) is 13.8 Å². The molecule has 0 spiro atoms. The van der Waals surface area contributed by atoms with Crippen molar-refractivity contribution in [2.45, 2.75) is 44.2 Å². The molecule has 2 N–H and O–H groups in total. The van der Waals surface area contributed by atoms with Gasteiger partial charge in [0.2, 0.25) is 10.0 Å². The average molecular weight is 323 g/mol. The van der Waals surface area contributed by atoms with Crippen LogP contribution in [0.5, 0.6) is 0 Å². The summed E-state index contributed by atoms with van der Waals surface area (Å²) in [5, 5.41) is -0.135. The van der Waals surface area contributed by atoms with Gasteiger partial charge in [-0.15, -0.1) is 0 Å². The van der Waals surface area contributed by atoms with Gasteiger partial charge in [-0.2, -0.15) is 4.31 Å². The molecule has 114 valence electrons. The van der Waals surface area contributed by atoms with E-state index in [2.05, 4.69) is 0 Å². The van der Waals surface area contributed by atoms with Crippen molar-refractivity contribution >= 4 is 21.6 Å². The van der Waals surface area contributed by atoms with Gasteiger partial charge in [0.05, 0.1) is 9.92 Å². The lowest BCUT2D eigenvalue weighted by Crippen LogP contribution is -2.44. The first-order valence-electron chi connectivity index (χ1n) is 6.25. The molecule has 0 aliphatic rings. The number of nitrogens with two attached hydrogens (primary N) is 1. The summed E-state index contributed by atoms with van der Waals surface area (Å²) in [6.45, 7) is 5.47. The van der Waals surface area contributed by atoms with Crippen LogP contribution < -0.4 is 5.73 Å². The molecule has 0 amide bonds. The molecular weight excluding hydrogens is 303 g/mol. The molecule has 1 rings (SSSR count). The highest BCUT2D eigenvalue weighted by Gasteiger charge is 2.33. The number of benzene rings is 1. The van der Waals surface area contributed by atoms with Crippen LogP contribution in [-0.4, -0.2) is 25.3 Å². The van der Waals surface area contributed by atoms with E-state index in [4.69, 9.17) is 17.3 Å². The van der Waals surface area contributed by atoms with E-state index >= 15 is 0 Å². The Hall–Kier alpha value is -0.690. The number of halogens is 2. The van der Waals surface area contributed by atoms with Crippen molar-refractivity contribution in [3.63, 3.8) is 0 Å². The largest absolute Gasteiger partial charge is 0.326 e. The lowest BCUT2D eigenvalue weighted by molar-refractivity contribution is 0.257. The Morgan fingerprint density at radius 1 is 1.40 bits per heavy atom. The molecule has 1 aromatic carbocycles. The van der Waals surface area contributed by atoms with Crippen molar-refractivity contribution in [3.05, 3.63) is 28.5 Å². The molecule has 0 bridgehead atoms. The molecule has 0 fully saturated rings. The third-order valence-electron chi connectivity index (χ3n) is 3.67. The van der Waals surface area contributed by atoms with Gasteiger partial charge < -0.3 is 5.73 Å². The van der Waals surface area contributed by atoms with Crippen LogP contribution in [-0.2, 0) is 16.6 Å². The second-order valence-electron chi connectivity index (χ2n) is 5.22. The standard InChI is InChI=1S/C13H20ClFN2O2S/c1-5-13(2,3)17(4)20(18,19)10-6-9(8-16)12(14)11(15)7-10/h6-7H,5,8,16H2,1-4H3. The normalized spacial score (nSPS) is 13.0. The molecule has 1 aromatic rings. The second kappa shape index (κ2) is 5.97. The predicted molar refractivity (Wildman–Crippen MR) is 78.6 cm³/mol. The number of sulfonamides is 1. The molecule has 0 saturated carbocycles. The van der Waals surface area contributed by atoms with Crippen molar-refractivity contribution < 1.29 is 12.8 Å². The van der Waals surface area contributed by atoms with Gasteiger partial charge in [-0.05, 0) is 38.0 Å². The lowest BCUT2D eigenvalue weighted by Gasteiger charge is -2.33. The molecule has 0 aliphatic carbocycles. The number of rotatable bonds is 5. The second-order valence-corrected chi connectivity index (χ2v) is 7.57. The van der Waals surface area contributed by atoms with Gasteiger partial charge in [0.25, 0.3) is 0 Å². The molecule has 7 heteroatoms. The van der Waals surface area contributed by atoms with Gasteiger partial charge in [0.15, 0.2) is 0 Å². The van der Waals surface area contributed by atoms with Gasteiger partial charge in [-0.25, -0.2) is 12.8 Å². The van der Waals surface area contributed by atoms with Gasteiger partial charge in [0.1, 0.15) is 5.82 Å². The highest BCUT2D eigenvalue weighted by Crippen LogP contribution is 2.29. The molecule has 0 unspecified atom stereocenters. The molecule has 0 saturated heterocycles. The maximum absolute atomic E-state index is 13.7. The van der Waals surface area contributed by atoms with Crippen LogP contribution in [0.4, 0.5) is 4.39 Å². The minimum Gasteiger partial charge on any atom is -0.326 e. The van der Waals surface area contributed by atoms with Crippen LogP contribution in [0.25, 0.3) is 0 Å². The fraction of sp³-hybridized carbons (Fsp3) is 0.538. The maximum atomic E-state index is 13.7. The third kappa shape index (κ3) is 3.14. The number of hydrogen-bond acceptors (Lipinski definition) is 3. The van der Waals surface area contributed by atoms with Crippen molar-refractivity contribution in [3.8, 4) is 0 Å². The van der Waals surface area contributed by atoms with E-state index < -0.39 is 21.4 Å². The van der Waals surface area contributed by atoms with E-state index in [1.165, 1.54) is 17.4 Å². The Labute approximate surface area is 124 Å². The van der Waals surface area contributed by atoms with Gasteiger partial charge in [-0.1, -0.05) is 18.5 Å². The van der Waals surface area contributed by atoms with E-state index in [0.29, 0.717) is 6.42 Å². The minimum atomic E-state index is -3.80. The molecule has 0 aliphatic heterocycles. The van der Waals surface area contributed by atoms with Crippen LogP contribution in [0.1, 0.15) is 32.8 Å². The van der Waals surface area contributed by atoms with E-state index in [0.717, 1.165) is 6.07 Å². The van der Waals surface area contributed by atoms with Gasteiger partial charge >= 0.3 is 0 Å². The number of nitrogens with zero attached hydrogens (tertiary/aromatic N) is 1. The van der Waals surface area contributed by atoms with Gasteiger partial charge in [0, 0.05) is 19.1 Å². The van der Waals surface area contributed by atoms with Crippen molar-refractivity contribution in [1.29, 1.82) is 0 Å².